The largest absolute Gasteiger partial charge is 0.313 e. The molecule has 1 N–H and O–H groups in total. The lowest BCUT2D eigenvalue weighted by Crippen LogP contribution is -2.20. The maximum atomic E-state index is 12.2. The zero-order valence-corrected chi connectivity index (χ0v) is 8.47. The first-order valence-corrected chi connectivity index (χ1v) is 4.69. The molecule has 0 atom stereocenters. The standard InChI is InChI=1S/C11H13F2NO/c1-14-7-10(15)9-5-3-2-4-8(9)6-11(12)13/h2-5,11,14H,6-7H2,1H3. The van der Waals surface area contributed by atoms with Crippen molar-refractivity contribution in [2.24, 2.45) is 0 Å². The van der Waals surface area contributed by atoms with Crippen molar-refractivity contribution in [1.82, 2.24) is 5.32 Å². The molecule has 0 bridgehead atoms. The molecule has 1 aromatic rings. The molecule has 0 aliphatic carbocycles. The first-order chi connectivity index (χ1) is 7.15. The fraction of sp³-hybridized carbons (Fsp3) is 0.364. The van der Waals surface area contributed by atoms with Crippen molar-refractivity contribution in [1.29, 1.82) is 0 Å². The van der Waals surface area contributed by atoms with Gasteiger partial charge in [0.25, 0.3) is 0 Å². The van der Waals surface area contributed by atoms with Gasteiger partial charge in [-0.2, -0.15) is 0 Å². The summed E-state index contributed by atoms with van der Waals surface area (Å²) in [4.78, 5) is 11.5. The number of nitrogens with one attached hydrogen (secondary N) is 1. The van der Waals surface area contributed by atoms with Crippen LogP contribution in [-0.2, 0) is 6.42 Å². The molecule has 0 aromatic heterocycles. The van der Waals surface area contributed by atoms with Crippen LogP contribution in [0.2, 0.25) is 0 Å². The van der Waals surface area contributed by atoms with Crippen LogP contribution in [0.25, 0.3) is 0 Å². The average Bonchev–Trinajstić information content (AvgIpc) is 2.18. The van der Waals surface area contributed by atoms with Gasteiger partial charge >= 0.3 is 0 Å². The van der Waals surface area contributed by atoms with Gasteiger partial charge in [-0.05, 0) is 12.6 Å². The van der Waals surface area contributed by atoms with E-state index in [1.807, 2.05) is 0 Å². The molecule has 2 nitrogen and oxygen atoms in total. The molecule has 0 fully saturated rings. The first-order valence-electron chi connectivity index (χ1n) is 4.69. The third-order valence-corrected chi connectivity index (χ3v) is 2.03. The van der Waals surface area contributed by atoms with E-state index in [0.29, 0.717) is 11.1 Å². The molecule has 0 saturated carbocycles. The van der Waals surface area contributed by atoms with E-state index < -0.39 is 6.43 Å². The maximum Gasteiger partial charge on any atom is 0.242 e. The van der Waals surface area contributed by atoms with E-state index in [9.17, 15) is 13.6 Å². The highest BCUT2D eigenvalue weighted by atomic mass is 19.3. The molecule has 82 valence electrons. The smallest absolute Gasteiger partial charge is 0.242 e. The summed E-state index contributed by atoms with van der Waals surface area (Å²) in [6.45, 7) is 0.167. The average molecular weight is 213 g/mol. The van der Waals surface area contributed by atoms with Gasteiger partial charge in [0.1, 0.15) is 0 Å². The minimum Gasteiger partial charge on any atom is -0.313 e. The Morgan fingerprint density at radius 3 is 2.67 bits per heavy atom. The van der Waals surface area contributed by atoms with Crippen molar-refractivity contribution in [2.45, 2.75) is 12.8 Å². The van der Waals surface area contributed by atoms with Crippen molar-refractivity contribution in [3.63, 3.8) is 0 Å². The number of Topliss-reactive ketones (excluding diaryl/α,β-unsaturated/α-hetero) is 1. The van der Waals surface area contributed by atoms with Crippen molar-refractivity contribution >= 4 is 5.78 Å². The molecule has 0 aliphatic rings. The number of hydrogen-bond donors (Lipinski definition) is 1. The van der Waals surface area contributed by atoms with Gasteiger partial charge < -0.3 is 5.32 Å². The summed E-state index contributed by atoms with van der Waals surface area (Å²) >= 11 is 0. The highest BCUT2D eigenvalue weighted by molar-refractivity contribution is 5.98. The number of rotatable bonds is 5. The highest BCUT2D eigenvalue weighted by Crippen LogP contribution is 2.13. The summed E-state index contributed by atoms with van der Waals surface area (Å²) in [7, 11) is 1.65. The van der Waals surface area contributed by atoms with Gasteiger partial charge in [-0.3, -0.25) is 4.79 Å². The number of alkyl halides is 2. The molecular formula is C11H13F2NO. The summed E-state index contributed by atoms with van der Waals surface area (Å²) in [5.74, 6) is -0.159. The van der Waals surface area contributed by atoms with Crippen molar-refractivity contribution in [2.75, 3.05) is 13.6 Å². The lowest BCUT2D eigenvalue weighted by atomic mass is 10.0. The van der Waals surface area contributed by atoms with E-state index in [1.165, 1.54) is 0 Å². The SMILES string of the molecule is CNCC(=O)c1ccccc1CC(F)F. The number of halogens is 2. The lowest BCUT2D eigenvalue weighted by Gasteiger charge is -2.07. The highest BCUT2D eigenvalue weighted by Gasteiger charge is 2.13. The number of ketones is 1. The minimum absolute atomic E-state index is 0.159. The molecule has 0 saturated heterocycles. The van der Waals surface area contributed by atoms with Gasteiger partial charge in [0, 0.05) is 12.0 Å². The zero-order valence-electron chi connectivity index (χ0n) is 8.47. The molecule has 0 amide bonds. The summed E-state index contributed by atoms with van der Waals surface area (Å²) < 4.78 is 24.4. The van der Waals surface area contributed by atoms with Crippen LogP contribution in [0.1, 0.15) is 15.9 Å². The van der Waals surface area contributed by atoms with Crippen LogP contribution in [0.5, 0.6) is 0 Å². The Hall–Kier alpha value is -1.29. The van der Waals surface area contributed by atoms with Crippen LogP contribution in [0.15, 0.2) is 24.3 Å². The van der Waals surface area contributed by atoms with Crippen molar-refractivity contribution < 1.29 is 13.6 Å². The third-order valence-electron chi connectivity index (χ3n) is 2.03. The second-order valence-corrected chi connectivity index (χ2v) is 3.21. The van der Waals surface area contributed by atoms with E-state index in [2.05, 4.69) is 5.32 Å². The molecule has 0 spiro atoms. The monoisotopic (exact) mass is 213 g/mol. The van der Waals surface area contributed by atoms with E-state index in [-0.39, 0.29) is 18.7 Å². The number of likely N-dealkylation sites (N-methyl/N-ethyl adjacent to an activating group) is 1. The summed E-state index contributed by atoms with van der Waals surface area (Å²) in [6.07, 6.45) is -2.79. The number of benzene rings is 1. The molecule has 1 rings (SSSR count). The Bertz CT molecular complexity index is 339. The van der Waals surface area contributed by atoms with E-state index in [4.69, 9.17) is 0 Å². The Labute approximate surface area is 87.3 Å². The minimum atomic E-state index is -2.42. The van der Waals surface area contributed by atoms with E-state index in [1.54, 1.807) is 31.3 Å². The summed E-state index contributed by atoms with van der Waals surface area (Å²) in [6, 6.07) is 6.48. The second-order valence-electron chi connectivity index (χ2n) is 3.21. The quantitative estimate of drug-likeness (QED) is 0.757. The molecule has 0 radical (unpaired) electrons. The van der Waals surface area contributed by atoms with Crippen LogP contribution >= 0.6 is 0 Å². The Balaban J connectivity index is 2.90. The Morgan fingerprint density at radius 1 is 1.40 bits per heavy atom. The van der Waals surface area contributed by atoms with Gasteiger partial charge in [-0.25, -0.2) is 8.78 Å². The van der Waals surface area contributed by atoms with Crippen LogP contribution in [0.3, 0.4) is 0 Å². The van der Waals surface area contributed by atoms with Gasteiger partial charge in [0.05, 0.1) is 6.54 Å². The van der Waals surface area contributed by atoms with Gasteiger partial charge in [-0.15, -0.1) is 0 Å². The number of carbonyl (C=O) groups excluding carboxylic acids is 1. The van der Waals surface area contributed by atoms with Crippen LogP contribution in [0, 0.1) is 0 Å². The first kappa shape index (κ1) is 11.8. The van der Waals surface area contributed by atoms with Crippen molar-refractivity contribution in [3.05, 3.63) is 35.4 Å². The van der Waals surface area contributed by atoms with Gasteiger partial charge in [0.2, 0.25) is 6.43 Å². The molecule has 0 aliphatic heterocycles. The molecule has 0 heterocycles. The molecular weight excluding hydrogens is 200 g/mol. The topological polar surface area (TPSA) is 29.1 Å². The number of carbonyl (C=O) groups is 1. The molecule has 4 heteroatoms. The van der Waals surface area contributed by atoms with Gasteiger partial charge in [-0.1, -0.05) is 24.3 Å². The maximum absolute atomic E-state index is 12.2. The fourth-order valence-corrected chi connectivity index (χ4v) is 1.39. The Kier molecular flexibility index (Phi) is 4.37. The second kappa shape index (κ2) is 5.56. The molecule has 1 aromatic carbocycles. The van der Waals surface area contributed by atoms with E-state index in [0.717, 1.165) is 0 Å². The third kappa shape index (κ3) is 3.40. The molecule has 0 unspecified atom stereocenters. The van der Waals surface area contributed by atoms with Crippen LogP contribution in [-0.4, -0.2) is 25.8 Å². The van der Waals surface area contributed by atoms with Crippen LogP contribution < -0.4 is 5.32 Å². The number of hydrogen-bond acceptors (Lipinski definition) is 2. The molecule has 15 heavy (non-hydrogen) atoms. The Morgan fingerprint density at radius 2 is 2.07 bits per heavy atom. The fourth-order valence-electron chi connectivity index (χ4n) is 1.39. The summed E-state index contributed by atoms with van der Waals surface area (Å²) in [5.41, 5.74) is 0.792. The lowest BCUT2D eigenvalue weighted by molar-refractivity contribution is 0.0991. The predicted molar refractivity (Wildman–Crippen MR) is 54.4 cm³/mol. The summed E-state index contributed by atoms with van der Waals surface area (Å²) in [5, 5.41) is 2.71. The zero-order chi connectivity index (χ0) is 11.3. The van der Waals surface area contributed by atoms with Crippen LogP contribution in [0.4, 0.5) is 8.78 Å². The predicted octanol–water partition coefficient (Wildman–Crippen LogP) is 1.90. The normalized spacial score (nSPS) is 10.7. The van der Waals surface area contributed by atoms with E-state index >= 15 is 0 Å². The van der Waals surface area contributed by atoms with Crippen molar-refractivity contribution in [3.8, 4) is 0 Å². The van der Waals surface area contributed by atoms with Gasteiger partial charge in [0.15, 0.2) is 5.78 Å².